The van der Waals surface area contributed by atoms with E-state index >= 15 is 0 Å². The number of nitrogens with one attached hydrogen (secondary N) is 1. The Labute approximate surface area is 118 Å². The van der Waals surface area contributed by atoms with Crippen LogP contribution in [0.25, 0.3) is 0 Å². The molecule has 0 heterocycles. The maximum Gasteiger partial charge on any atom is 0.321 e. The number of rotatable bonds is 4. The zero-order valence-corrected chi connectivity index (χ0v) is 12.5. The fraction of sp³-hybridized carbons (Fsp3) is 0.417. The molecule has 0 atom stereocenters. The first-order valence-electron chi connectivity index (χ1n) is 5.57. The molecular formula is C12H16ClNO4S. The molecule has 1 aromatic rings. The van der Waals surface area contributed by atoms with Crippen LogP contribution in [0.1, 0.15) is 20.8 Å². The van der Waals surface area contributed by atoms with Crippen LogP contribution in [0.3, 0.4) is 0 Å². The molecular weight excluding hydrogens is 290 g/mol. The van der Waals surface area contributed by atoms with Crippen molar-refractivity contribution in [3.8, 4) is 0 Å². The average Bonchev–Trinajstić information content (AvgIpc) is 2.24. The number of sulfonamides is 1. The van der Waals surface area contributed by atoms with E-state index in [0.717, 1.165) is 0 Å². The van der Waals surface area contributed by atoms with Gasteiger partial charge in [-0.05, 0) is 39.0 Å². The van der Waals surface area contributed by atoms with E-state index in [4.69, 9.17) is 16.3 Å². The predicted molar refractivity (Wildman–Crippen MR) is 72.5 cm³/mol. The van der Waals surface area contributed by atoms with Gasteiger partial charge in [0.15, 0.2) is 0 Å². The lowest BCUT2D eigenvalue weighted by Gasteiger charge is -2.19. The standard InChI is InChI=1S/C12H16ClNO4S/c1-12(2,3)18-11(15)8-14-19(16,17)10-6-4-5-9(13)7-10/h4-7,14H,8H2,1-3H3. The fourth-order valence-electron chi connectivity index (χ4n) is 1.25. The SMILES string of the molecule is CC(C)(C)OC(=O)CNS(=O)(=O)c1cccc(Cl)c1. The molecule has 0 aliphatic heterocycles. The van der Waals surface area contributed by atoms with E-state index < -0.39 is 28.1 Å². The van der Waals surface area contributed by atoms with E-state index in [-0.39, 0.29) is 4.90 Å². The number of hydrogen-bond acceptors (Lipinski definition) is 4. The molecule has 0 spiro atoms. The summed E-state index contributed by atoms with van der Waals surface area (Å²) in [6, 6.07) is 5.78. The second-order valence-corrected chi connectivity index (χ2v) is 7.07. The highest BCUT2D eigenvalue weighted by Crippen LogP contribution is 2.15. The molecule has 0 radical (unpaired) electrons. The van der Waals surface area contributed by atoms with E-state index in [1.165, 1.54) is 18.2 Å². The van der Waals surface area contributed by atoms with Crippen LogP contribution in [0.5, 0.6) is 0 Å². The minimum Gasteiger partial charge on any atom is -0.459 e. The van der Waals surface area contributed by atoms with Gasteiger partial charge in [-0.1, -0.05) is 17.7 Å². The van der Waals surface area contributed by atoms with Gasteiger partial charge in [0.05, 0.1) is 4.90 Å². The van der Waals surface area contributed by atoms with E-state index in [1.54, 1.807) is 26.8 Å². The van der Waals surface area contributed by atoms with Crippen LogP contribution < -0.4 is 4.72 Å². The monoisotopic (exact) mass is 305 g/mol. The van der Waals surface area contributed by atoms with Gasteiger partial charge >= 0.3 is 5.97 Å². The first-order chi connectivity index (χ1) is 8.60. The van der Waals surface area contributed by atoms with Gasteiger partial charge in [0.25, 0.3) is 0 Å². The summed E-state index contributed by atoms with van der Waals surface area (Å²) in [7, 11) is -3.77. The molecule has 1 rings (SSSR count). The molecule has 5 nitrogen and oxygen atoms in total. The number of esters is 1. The third kappa shape index (κ3) is 5.59. The number of carbonyl (C=O) groups is 1. The zero-order valence-electron chi connectivity index (χ0n) is 10.9. The third-order valence-electron chi connectivity index (χ3n) is 1.93. The maximum atomic E-state index is 11.9. The molecule has 7 heteroatoms. The third-order valence-corrected chi connectivity index (χ3v) is 3.57. The Bertz CT molecular complexity index is 563. The Morgan fingerprint density at radius 2 is 2.00 bits per heavy atom. The molecule has 106 valence electrons. The van der Waals surface area contributed by atoms with E-state index in [0.29, 0.717) is 5.02 Å². The van der Waals surface area contributed by atoms with Gasteiger partial charge in [-0.25, -0.2) is 8.42 Å². The Kier molecular flexibility index (Phi) is 4.95. The summed E-state index contributed by atoms with van der Waals surface area (Å²) >= 11 is 5.72. The lowest BCUT2D eigenvalue weighted by molar-refractivity contribution is -0.153. The summed E-state index contributed by atoms with van der Waals surface area (Å²) in [5, 5.41) is 0.306. The molecule has 0 fully saturated rings. The number of benzene rings is 1. The highest BCUT2D eigenvalue weighted by Gasteiger charge is 2.20. The Morgan fingerprint density at radius 3 is 2.53 bits per heavy atom. The van der Waals surface area contributed by atoms with Crippen molar-refractivity contribution in [2.24, 2.45) is 0 Å². The van der Waals surface area contributed by atoms with Crippen molar-refractivity contribution in [3.05, 3.63) is 29.3 Å². The second kappa shape index (κ2) is 5.90. The molecule has 1 aromatic carbocycles. The highest BCUT2D eigenvalue weighted by molar-refractivity contribution is 7.89. The largest absolute Gasteiger partial charge is 0.459 e. The van der Waals surface area contributed by atoms with E-state index in [9.17, 15) is 13.2 Å². The van der Waals surface area contributed by atoms with Gasteiger partial charge in [-0.3, -0.25) is 4.79 Å². The molecule has 0 unspecified atom stereocenters. The topological polar surface area (TPSA) is 72.5 Å². The number of halogens is 1. The summed E-state index contributed by atoms with van der Waals surface area (Å²) in [4.78, 5) is 11.4. The normalized spacial score (nSPS) is 12.2. The van der Waals surface area contributed by atoms with Crippen LogP contribution in [0, 0.1) is 0 Å². The van der Waals surface area contributed by atoms with E-state index in [1.807, 2.05) is 0 Å². The smallest absolute Gasteiger partial charge is 0.321 e. The van der Waals surface area contributed by atoms with Crippen LogP contribution in [-0.2, 0) is 19.6 Å². The van der Waals surface area contributed by atoms with Crippen LogP contribution in [0.15, 0.2) is 29.2 Å². The van der Waals surface area contributed by atoms with Gasteiger partial charge < -0.3 is 4.74 Å². The van der Waals surface area contributed by atoms with Gasteiger partial charge in [0, 0.05) is 5.02 Å². The van der Waals surface area contributed by atoms with Gasteiger partial charge in [-0.2, -0.15) is 4.72 Å². The lowest BCUT2D eigenvalue weighted by Crippen LogP contribution is -2.34. The molecule has 0 saturated heterocycles. The second-order valence-electron chi connectivity index (χ2n) is 4.87. The quantitative estimate of drug-likeness (QED) is 0.863. The average molecular weight is 306 g/mol. The van der Waals surface area contributed by atoms with Crippen LogP contribution in [-0.4, -0.2) is 26.5 Å². The lowest BCUT2D eigenvalue weighted by atomic mass is 10.2. The minimum atomic E-state index is -3.77. The molecule has 19 heavy (non-hydrogen) atoms. The molecule has 0 bridgehead atoms. The minimum absolute atomic E-state index is 0.00330. The van der Waals surface area contributed by atoms with Crippen molar-refractivity contribution in [1.82, 2.24) is 4.72 Å². The van der Waals surface area contributed by atoms with Gasteiger partial charge in [0.1, 0.15) is 12.1 Å². The van der Waals surface area contributed by atoms with Crippen LogP contribution in [0.4, 0.5) is 0 Å². The van der Waals surface area contributed by atoms with Crippen molar-refractivity contribution in [2.45, 2.75) is 31.3 Å². The zero-order chi connectivity index (χ0) is 14.7. The Hall–Kier alpha value is -1.11. The van der Waals surface area contributed by atoms with Crippen molar-refractivity contribution < 1.29 is 17.9 Å². The van der Waals surface area contributed by atoms with Crippen LogP contribution in [0.2, 0.25) is 5.02 Å². The molecule has 0 aromatic heterocycles. The van der Waals surface area contributed by atoms with Crippen molar-refractivity contribution in [2.75, 3.05) is 6.54 Å². The Morgan fingerprint density at radius 1 is 1.37 bits per heavy atom. The fourth-order valence-corrected chi connectivity index (χ4v) is 2.52. The van der Waals surface area contributed by atoms with Crippen molar-refractivity contribution in [1.29, 1.82) is 0 Å². The van der Waals surface area contributed by atoms with E-state index in [2.05, 4.69) is 4.72 Å². The van der Waals surface area contributed by atoms with Crippen LogP contribution >= 0.6 is 11.6 Å². The molecule has 0 saturated carbocycles. The molecule has 1 N–H and O–H groups in total. The molecule has 0 amide bonds. The summed E-state index contributed by atoms with van der Waals surface area (Å²) in [5.41, 5.74) is -0.654. The van der Waals surface area contributed by atoms with Gasteiger partial charge in [0.2, 0.25) is 10.0 Å². The maximum absolute atomic E-state index is 11.9. The summed E-state index contributed by atoms with van der Waals surface area (Å²) < 4.78 is 30.9. The summed E-state index contributed by atoms with van der Waals surface area (Å²) in [6.45, 7) is 4.69. The van der Waals surface area contributed by atoms with Crippen molar-refractivity contribution in [3.63, 3.8) is 0 Å². The number of hydrogen-bond donors (Lipinski definition) is 1. The summed E-state index contributed by atoms with van der Waals surface area (Å²) in [5.74, 6) is -0.641. The van der Waals surface area contributed by atoms with Gasteiger partial charge in [-0.15, -0.1) is 0 Å². The first kappa shape index (κ1) is 15.9. The number of ether oxygens (including phenoxy) is 1. The first-order valence-corrected chi connectivity index (χ1v) is 7.43. The molecule has 0 aliphatic carbocycles. The predicted octanol–water partition coefficient (Wildman–Crippen LogP) is 1.96. The Balaban J connectivity index is 2.69. The summed E-state index contributed by atoms with van der Waals surface area (Å²) in [6.07, 6.45) is 0. The highest BCUT2D eigenvalue weighted by atomic mass is 35.5. The molecule has 0 aliphatic rings. The number of carbonyl (C=O) groups excluding carboxylic acids is 1. The van der Waals surface area contributed by atoms with Crippen molar-refractivity contribution >= 4 is 27.6 Å².